The number of hydrogen-bond acceptors (Lipinski definition) is 8. The van der Waals surface area contributed by atoms with E-state index in [2.05, 4.69) is 42.6 Å². The van der Waals surface area contributed by atoms with Crippen LogP contribution in [0.15, 0.2) is 30.3 Å². The zero-order chi connectivity index (χ0) is 23.1. The fraction of sp³-hybridized carbons (Fsp3) is 0.391. The Hall–Kier alpha value is -3.82. The number of carbonyl (C=O) groups is 1. The highest BCUT2D eigenvalue weighted by atomic mass is 16.5. The molecule has 4 aromatic rings. The number of fused-ring (bicyclic) bond motifs is 1. The molecule has 10 nitrogen and oxygen atoms in total. The van der Waals surface area contributed by atoms with Gasteiger partial charge >= 0.3 is 5.97 Å². The summed E-state index contributed by atoms with van der Waals surface area (Å²) in [6.45, 7) is 5.36. The van der Waals surface area contributed by atoms with Crippen LogP contribution in [0.25, 0.3) is 16.9 Å². The van der Waals surface area contributed by atoms with Crippen LogP contribution >= 0.6 is 0 Å². The zero-order valence-corrected chi connectivity index (χ0v) is 19.2. The molecule has 5 rings (SSSR count). The summed E-state index contributed by atoms with van der Waals surface area (Å²) in [6, 6.07) is 10.1. The average molecular weight is 447 g/mol. The van der Waals surface area contributed by atoms with Crippen molar-refractivity contribution in [2.45, 2.75) is 32.6 Å². The maximum atomic E-state index is 11.6. The first kappa shape index (κ1) is 21.0. The minimum Gasteiger partial charge on any atom is -0.469 e. The number of para-hydroxylation sites is 2. The molecule has 1 aromatic carbocycles. The normalized spacial score (nSPS) is 14.0. The highest BCUT2D eigenvalue weighted by Crippen LogP contribution is 2.32. The van der Waals surface area contributed by atoms with Gasteiger partial charge in [0.1, 0.15) is 29.1 Å². The second kappa shape index (κ2) is 8.27. The van der Waals surface area contributed by atoms with Gasteiger partial charge in [-0.1, -0.05) is 12.1 Å². The lowest BCUT2D eigenvalue weighted by Gasteiger charge is -2.39. The number of aromatic nitrogens is 7. The molecule has 0 unspecified atom stereocenters. The second-order valence-corrected chi connectivity index (χ2v) is 8.31. The molecule has 0 atom stereocenters. The minimum absolute atomic E-state index is 0.234. The SMILES string of the molecule is COC(=O)CCc1nc(C)nn1-c1cc(N2CC(c3nc4ccccc4n3C)C2)nc(C)n1. The molecule has 0 aliphatic carbocycles. The minimum atomic E-state index is -0.282. The lowest BCUT2D eigenvalue weighted by molar-refractivity contribution is -0.140. The van der Waals surface area contributed by atoms with E-state index in [9.17, 15) is 4.79 Å². The molecule has 1 aliphatic rings. The lowest BCUT2D eigenvalue weighted by atomic mass is 9.99. The number of rotatable bonds is 6. The molecule has 0 radical (unpaired) electrons. The van der Waals surface area contributed by atoms with Crippen LogP contribution in [0.3, 0.4) is 0 Å². The molecular weight excluding hydrogens is 420 g/mol. The van der Waals surface area contributed by atoms with Crippen LogP contribution in [0.4, 0.5) is 5.82 Å². The van der Waals surface area contributed by atoms with Gasteiger partial charge in [-0.15, -0.1) is 5.10 Å². The molecule has 33 heavy (non-hydrogen) atoms. The number of esters is 1. The molecule has 3 aromatic heterocycles. The smallest absolute Gasteiger partial charge is 0.305 e. The van der Waals surface area contributed by atoms with Crippen molar-refractivity contribution in [3.63, 3.8) is 0 Å². The van der Waals surface area contributed by atoms with Gasteiger partial charge in [-0.05, 0) is 26.0 Å². The molecule has 10 heteroatoms. The van der Waals surface area contributed by atoms with Gasteiger partial charge in [-0.2, -0.15) is 4.68 Å². The summed E-state index contributed by atoms with van der Waals surface area (Å²) in [4.78, 5) is 32.4. The standard InChI is InChI=1S/C23H26N8O2/c1-14-24-20(11-21(25-14)31-19(26-15(2)28-31)9-10-22(32)33-4)30-12-16(13-30)23-27-17-7-5-6-8-18(17)29(23)3/h5-8,11,16H,9-10,12-13H2,1-4H3. The van der Waals surface area contributed by atoms with E-state index in [1.807, 2.05) is 38.1 Å². The van der Waals surface area contributed by atoms with E-state index in [0.29, 0.717) is 35.6 Å². The number of nitrogens with zero attached hydrogens (tertiary/aromatic N) is 8. The predicted octanol–water partition coefficient (Wildman–Crippen LogP) is 2.27. The number of anilines is 1. The highest BCUT2D eigenvalue weighted by molar-refractivity contribution is 5.76. The predicted molar refractivity (Wildman–Crippen MR) is 122 cm³/mol. The number of carbonyl (C=O) groups excluding carboxylic acids is 1. The first-order valence-corrected chi connectivity index (χ1v) is 10.9. The molecule has 1 saturated heterocycles. The molecule has 1 aliphatic heterocycles. The number of aryl methyl sites for hydroxylation is 4. The first-order valence-electron chi connectivity index (χ1n) is 10.9. The molecule has 4 heterocycles. The van der Waals surface area contributed by atoms with Crippen molar-refractivity contribution in [3.8, 4) is 5.82 Å². The van der Waals surface area contributed by atoms with Crippen molar-refractivity contribution in [1.29, 1.82) is 0 Å². The van der Waals surface area contributed by atoms with E-state index in [4.69, 9.17) is 9.72 Å². The van der Waals surface area contributed by atoms with Crippen LogP contribution in [-0.4, -0.2) is 60.5 Å². The van der Waals surface area contributed by atoms with E-state index >= 15 is 0 Å². The van der Waals surface area contributed by atoms with Gasteiger partial charge in [-0.3, -0.25) is 4.79 Å². The van der Waals surface area contributed by atoms with Crippen LogP contribution in [-0.2, 0) is 23.0 Å². The average Bonchev–Trinajstić information content (AvgIpc) is 3.31. The molecule has 0 bridgehead atoms. The second-order valence-electron chi connectivity index (χ2n) is 8.31. The number of ether oxygens (including phenoxy) is 1. The van der Waals surface area contributed by atoms with Gasteiger partial charge in [0.2, 0.25) is 0 Å². The topological polar surface area (TPSA) is 104 Å². The van der Waals surface area contributed by atoms with E-state index in [1.165, 1.54) is 7.11 Å². The van der Waals surface area contributed by atoms with Crippen molar-refractivity contribution in [1.82, 2.24) is 34.3 Å². The summed E-state index contributed by atoms with van der Waals surface area (Å²) in [7, 11) is 3.45. The monoisotopic (exact) mass is 446 g/mol. The van der Waals surface area contributed by atoms with Gasteiger partial charge in [0, 0.05) is 32.6 Å². The Balaban J connectivity index is 1.37. The van der Waals surface area contributed by atoms with Crippen LogP contribution in [0.1, 0.15) is 35.6 Å². The van der Waals surface area contributed by atoms with Gasteiger partial charge in [0.05, 0.1) is 30.5 Å². The lowest BCUT2D eigenvalue weighted by Crippen LogP contribution is -2.46. The number of hydrogen-bond donors (Lipinski definition) is 0. The number of imidazole rings is 1. The Morgan fingerprint density at radius 2 is 1.82 bits per heavy atom. The number of benzene rings is 1. The Morgan fingerprint density at radius 1 is 1.06 bits per heavy atom. The molecule has 1 fully saturated rings. The first-order chi connectivity index (χ1) is 15.9. The van der Waals surface area contributed by atoms with Crippen LogP contribution in [0.5, 0.6) is 0 Å². The molecular formula is C23H26N8O2. The van der Waals surface area contributed by atoms with E-state index in [1.54, 1.807) is 4.68 Å². The Labute approximate surface area is 191 Å². The van der Waals surface area contributed by atoms with Crippen LogP contribution < -0.4 is 4.90 Å². The third-order valence-corrected chi connectivity index (χ3v) is 5.98. The van der Waals surface area contributed by atoms with Crippen LogP contribution in [0.2, 0.25) is 0 Å². The Bertz CT molecular complexity index is 1340. The third-order valence-electron chi connectivity index (χ3n) is 5.98. The maximum Gasteiger partial charge on any atom is 0.305 e. The van der Waals surface area contributed by atoms with Gasteiger partial charge in [0.15, 0.2) is 5.82 Å². The largest absolute Gasteiger partial charge is 0.469 e. The third kappa shape index (κ3) is 3.92. The Kier molecular flexibility index (Phi) is 5.27. The van der Waals surface area contributed by atoms with Gasteiger partial charge in [0.25, 0.3) is 0 Å². The summed E-state index contributed by atoms with van der Waals surface area (Å²) in [5.74, 6) is 4.59. The fourth-order valence-electron chi connectivity index (χ4n) is 4.29. The maximum absolute atomic E-state index is 11.6. The zero-order valence-electron chi connectivity index (χ0n) is 19.2. The van der Waals surface area contributed by atoms with Crippen LogP contribution in [0, 0.1) is 13.8 Å². The van der Waals surface area contributed by atoms with Crippen molar-refractivity contribution < 1.29 is 9.53 Å². The van der Waals surface area contributed by atoms with Crippen molar-refractivity contribution in [2.75, 3.05) is 25.1 Å². The fourth-order valence-corrected chi connectivity index (χ4v) is 4.29. The molecule has 0 N–H and O–H groups in total. The van der Waals surface area contributed by atoms with Crippen molar-refractivity contribution in [2.24, 2.45) is 7.05 Å². The van der Waals surface area contributed by atoms with Crippen molar-refractivity contribution in [3.05, 3.63) is 53.6 Å². The van der Waals surface area contributed by atoms with Gasteiger partial charge in [-0.25, -0.2) is 19.9 Å². The molecule has 0 spiro atoms. The summed E-state index contributed by atoms with van der Waals surface area (Å²) < 4.78 is 8.63. The molecule has 0 saturated carbocycles. The molecule has 170 valence electrons. The van der Waals surface area contributed by atoms with Crippen molar-refractivity contribution >= 4 is 22.8 Å². The summed E-state index contributed by atoms with van der Waals surface area (Å²) in [6.07, 6.45) is 0.655. The van der Waals surface area contributed by atoms with E-state index in [0.717, 1.165) is 35.8 Å². The number of methoxy groups -OCH3 is 1. The van der Waals surface area contributed by atoms with E-state index < -0.39 is 0 Å². The van der Waals surface area contributed by atoms with Gasteiger partial charge < -0.3 is 14.2 Å². The summed E-state index contributed by atoms with van der Waals surface area (Å²) in [5.41, 5.74) is 2.17. The van der Waals surface area contributed by atoms with E-state index in [-0.39, 0.29) is 12.4 Å². The highest BCUT2D eigenvalue weighted by Gasteiger charge is 2.33. The Morgan fingerprint density at radius 3 is 2.58 bits per heavy atom. The summed E-state index contributed by atoms with van der Waals surface area (Å²) >= 11 is 0. The molecule has 0 amide bonds. The quantitative estimate of drug-likeness (QED) is 0.416. The summed E-state index contributed by atoms with van der Waals surface area (Å²) in [5, 5.41) is 4.50.